The Morgan fingerprint density at radius 2 is 1.71 bits per heavy atom. The first-order valence-corrected chi connectivity index (χ1v) is 7.92. The monoisotopic (exact) mass is 337 g/mol. The van der Waals surface area contributed by atoms with Crippen molar-refractivity contribution in [3.05, 3.63) is 94.5 Å². The number of carbonyl (C=O) groups is 1. The number of carbonyl (C=O) groups excluding carboxylic acids is 1. The highest BCUT2D eigenvalue weighted by atomic mass is 35.5. The predicted octanol–water partition coefficient (Wildman–Crippen LogP) is 4.89. The molecule has 3 aromatic rings. The number of amides is 1. The lowest BCUT2D eigenvalue weighted by molar-refractivity contribution is 0.102. The van der Waals surface area contributed by atoms with E-state index in [1.54, 1.807) is 30.3 Å². The van der Waals surface area contributed by atoms with Gasteiger partial charge < -0.3 is 10.4 Å². The Labute approximate surface area is 145 Å². The largest absolute Gasteiger partial charge is 0.508 e. The smallest absolute Gasteiger partial charge is 0.255 e. The van der Waals surface area contributed by atoms with Crippen LogP contribution < -0.4 is 5.32 Å². The summed E-state index contributed by atoms with van der Waals surface area (Å²) in [7, 11) is 0. The summed E-state index contributed by atoms with van der Waals surface area (Å²) in [5.74, 6) is -0.154. The summed E-state index contributed by atoms with van der Waals surface area (Å²) < 4.78 is 0. The molecule has 0 bridgehead atoms. The molecule has 0 saturated carbocycles. The van der Waals surface area contributed by atoms with Crippen LogP contribution in [0.15, 0.2) is 72.8 Å². The van der Waals surface area contributed by atoms with Crippen molar-refractivity contribution in [1.29, 1.82) is 0 Å². The zero-order valence-electron chi connectivity index (χ0n) is 12.9. The minimum Gasteiger partial charge on any atom is -0.508 e. The molecule has 0 aromatic heterocycles. The SMILES string of the molecule is O=C(Nc1cc(O)cc(Cc2ccccc2)c1)c1cccc(Cl)c1. The van der Waals surface area contributed by atoms with Gasteiger partial charge in [-0.3, -0.25) is 4.79 Å². The van der Waals surface area contributed by atoms with E-state index in [4.69, 9.17) is 11.6 Å². The highest BCUT2D eigenvalue weighted by Crippen LogP contribution is 2.23. The van der Waals surface area contributed by atoms with E-state index in [1.807, 2.05) is 36.4 Å². The van der Waals surface area contributed by atoms with Gasteiger partial charge in [-0.2, -0.15) is 0 Å². The number of nitrogens with one attached hydrogen (secondary N) is 1. The van der Waals surface area contributed by atoms with E-state index in [9.17, 15) is 9.90 Å². The van der Waals surface area contributed by atoms with Gasteiger partial charge in [0.2, 0.25) is 0 Å². The topological polar surface area (TPSA) is 49.3 Å². The Morgan fingerprint density at radius 1 is 0.917 bits per heavy atom. The van der Waals surface area contributed by atoms with E-state index in [-0.39, 0.29) is 11.7 Å². The predicted molar refractivity (Wildman–Crippen MR) is 96.8 cm³/mol. The lowest BCUT2D eigenvalue weighted by Crippen LogP contribution is -2.12. The molecule has 0 aliphatic heterocycles. The number of aromatic hydroxyl groups is 1. The maximum absolute atomic E-state index is 12.3. The molecule has 0 fully saturated rings. The number of benzene rings is 3. The third-order valence-electron chi connectivity index (χ3n) is 3.57. The molecule has 0 radical (unpaired) electrons. The van der Waals surface area contributed by atoms with Crippen molar-refractivity contribution in [3.8, 4) is 5.75 Å². The van der Waals surface area contributed by atoms with Crippen molar-refractivity contribution < 1.29 is 9.90 Å². The zero-order valence-corrected chi connectivity index (χ0v) is 13.6. The summed E-state index contributed by atoms with van der Waals surface area (Å²) in [5, 5.41) is 13.2. The van der Waals surface area contributed by atoms with Crippen molar-refractivity contribution in [3.63, 3.8) is 0 Å². The Bertz CT molecular complexity index is 863. The molecule has 0 saturated heterocycles. The van der Waals surface area contributed by atoms with E-state index >= 15 is 0 Å². The maximum atomic E-state index is 12.3. The van der Waals surface area contributed by atoms with Gasteiger partial charge in [0, 0.05) is 22.3 Å². The van der Waals surface area contributed by atoms with E-state index in [0.717, 1.165) is 11.1 Å². The summed E-state index contributed by atoms with van der Waals surface area (Å²) in [4.78, 5) is 12.3. The third kappa shape index (κ3) is 4.15. The van der Waals surface area contributed by atoms with Gasteiger partial charge in [-0.25, -0.2) is 0 Å². The second-order valence-electron chi connectivity index (χ2n) is 5.51. The molecular weight excluding hydrogens is 322 g/mol. The van der Waals surface area contributed by atoms with Crippen LogP contribution in [-0.2, 0) is 6.42 Å². The molecule has 120 valence electrons. The molecule has 0 unspecified atom stereocenters. The number of rotatable bonds is 4. The summed E-state index contributed by atoms with van der Waals surface area (Å²) in [5.41, 5.74) is 3.07. The highest BCUT2D eigenvalue weighted by Gasteiger charge is 2.08. The third-order valence-corrected chi connectivity index (χ3v) is 3.81. The number of phenolic OH excluding ortho intramolecular Hbond substituents is 1. The fraction of sp³-hybridized carbons (Fsp3) is 0.0500. The summed E-state index contributed by atoms with van der Waals surface area (Å²) in [6.07, 6.45) is 0.676. The molecule has 0 aliphatic carbocycles. The van der Waals surface area contributed by atoms with E-state index in [2.05, 4.69) is 5.32 Å². The lowest BCUT2D eigenvalue weighted by atomic mass is 10.0. The zero-order chi connectivity index (χ0) is 16.9. The standard InChI is InChI=1S/C20H16ClNO2/c21-17-8-4-7-16(12-17)20(24)22-18-10-15(11-19(23)13-18)9-14-5-2-1-3-6-14/h1-8,10-13,23H,9H2,(H,22,24). The van der Waals surface area contributed by atoms with Crippen LogP contribution in [0.5, 0.6) is 5.75 Å². The van der Waals surface area contributed by atoms with Crippen LogP contribution >= 0.6 is 11.6 Å². The fourth-order valence-electron chi connectivity index (χ4n) is 2.51. The first-order chi connectivity index (χ1) is 11.6. The van der Waals surface area contributed by atoms with Crippen molar-refractivity contribution in [1.82, 2.24) is 0 Å². The van der Waals surface area contributed by atoms with Crippen LogP contribution in [-0.4, -0.2) is 11.0 Å². The van der Waals surface area contributed by atoms with Gasteiger partial charge in [-0.1, -0.05) is 48.0 Å². The quantitative estimate of drug-likeness (QED) is 0.712. The second-order valence-corrected chi connectivity index (χ2v) is 5.95. The molecule has 3 aromatic carbocycles. The van der Waals surface area contributed by atoms with Crippen molar-refractivity contribution >= 4 is 23.2 Å². The van der Waals surface area contributed by atoms with Crippen molar-refractivity contribution in [2.45, 2.75) is 6.42 Å². The Morgan fingerprint density at radius 3 is 2.46 bits per heavy atom. The van der Waals surface area contributed by atoms with Crippen LogP contribution in [0.3, 0.4) is 0 Å². The van der Waals surface area contributed by atoms with Crippen LogP contribution in [0.25, 0.3) is 0 Å². The Kier molecular flexibility index (Phi) is 4.82. The molecule has 2 N–H and O–H groups in total. The first-order valence-electron chi connectivity index (χ1n) is 7.54. The van der Waals surface area contributed by atoms with Crippen LogP contribution in [0.2, 0.25) is 5.02 Å². The average molecular weight is 338 g/mol. The number of hydrogen-bond donors (Lipinski definition) is 2. The van der Waals surface area contributed by atoms with Crippen LogP contribution in [0, 0.1) is 0 Å². The molecule has 0 atom stereocenters. The molecule has 0 heterocycles. The van der Waals surface area contributed by atoms with Gasteiger partial charge in [-0.15, -0.1) is 0 Å². The first kappa shape index (κ1) is 16.1. The van der Waals surface area contributed by atoms with Crippen molar-refractivity contribution in [2.24, 2.45) is 0 Å². The van der Waals surface area contributed by atoms with E-state index < -0.39 is 0 Å². The maximum Gasteiger partial charge on any atom is 0.255 e. The molecular formula is C20H16ClNO2. The van der Waals surface area contributed by atoms with E-state index in [0.29, 0.717) is 22.7 Å². The number of halogens is 1. The number of phenols is 1. The van der Waals surface area contributed by atoms with Crippen molar-refractivity contribution in [2.75, 3.05) is 5.32 Å². The number of hydrogen-bond acceptors (Lipinski definition) is 2. The van der Waals surface area contributed by atoms with Crippen LogP contribution in [0.1, 0.15) is 21.5 Å². The molecule has 0 aliphatic rings. The second kappa shape index (κ2) is 7.20. The van der Waals surface area contributed by atoms with E-state index in [1.165, 1.54) is 6.07 Å². The Hall–Kier alpha value is -2.78. The molecule has 4 heteroatoms. The molecule has 3 nitrogen and oxygen atoms in total. The fourth-order valence-corrected chi connectivity index (χ4v) is 2.70. The normalized spacial score (nSPS) is 10.4. The molecule has 0 spiro atoms. The van der Waals surface area contributed by atoms with Gasteiger partial charge in [0.15, 0.2) is 0 Å². The lowest BCUT2D eigenvalue weighted by Gasteiger charge is -2.09. The molecule has 1 amide bonds. The summed E-state index contributed by atoms with van der Waals surface area (Å²) in [6, 6.07) is 21.8. The minimum atomic E-state index is -0.270. The molecule has 3 rings (SSSR count). The highest BCUT2D eigenvalue weighted by molar-refractivity contribution is 6.31. The Balaban J connectivity index is 1.80. The minimum absolute atomic E-state index is 0.116. The summed E-state index contributed by atoms with van der Waals surface area (Å²) >= 11 is 5.91. The van der Waals surface area contributed by atoms with Gasteiger partial charge in [0.25, 0.3) is 5.91 Å². The van der Waals surface area contributed by atoms with Gasteiger partial charge in [0.1, 0.15) is 5.75 Å². The van der Waals surface area contributed by atoms with Gasteiger partial charge >= 0.3 is 0 Å². The van der Waals surface area contributed by atoms with Gasteiger partial charge in [-0.05, 0) is 47.9 Å². The van der Waals surface area contributed by atoms with Crippen LogP contribution in [0.4, 0.5) is 5.69 Å². The summed E-state index contributed by atoms with van der Waals surface area (Å²) in [6.45, 7) is 0. The van der Waals surface area contributed by atoms with Gasteiger partial charge in [0.05, 0.1) is 0 Å². The average Bonchev–Trinajstić information content (AvgIpc) is 2.55. The number of anilines is 1. The molecule has 24 heavy (non-hydrogen) atoms.